The Labute approximate surface area is 76.4 Å². The minimum atomic E-state index is -5.99. The summed E-state index contributed by atoms with van der Waals surface area (Å²) in [7, 11) is -4.88. The summed E-state index contributed by atoms with van der Waals surface area (Å²) in [5, 5.41) is 0. The Balaban J connectivity index is 4.59. The van der Waals surface area contributed by atoms with E-state index in [0.29, 0.717) is 0 Å². The first-order chi connectivity index (χ1) is 6.02. The lowest BCUT2D eigenvalue weighted by atomic mass is 10.6. The summed E-state index contributed by atoms with van der Waals surface area (Å²) in [6.45, 7) is 1.35. The van der Waals surface area contributed by atoms with Gasteiger partial charge in [0, 0.05) is 6.16 Å². The van der Waals surface area contributed by atoms with Crippen molar-refractivity contribution < 1.29 is 35.9 Å². The van der Waals surface area contributed by atoms with Gasteiger partial charge in [0.25, 0.3) is 0 Å². The second-order valence-electron chi connectivity index (χ2n) is 2.47. The van der Waals surface area contributed by atoms with E-state index in [4.69, 9.17) is 4.89 Å². The molecule has 1 atom stereocenters. The molecule has 0 aliphatic carbocycles. The molecule has 1 N–H and O–H groups in total. The van der Waals surface area contributed by atoms with Crippen LogP contribution in [-0.4, -0.2) is 23.3 Å². The zero-order valence-electron chi connectivity index (χ0n) is 7.01. The monoisotopic (exact) mass is 242 g/mol. The van der Waals surface area contributed by atoms with Crippen molar-refractivity contribution in [1.29, 1.82) is 0 Å². The van der Waals surface area contributed by atoms with E-state index in [1.54, 1.807) is 0 Å². The molecule has 0 fully saturated rings. The van der Waals surface area contributed by atoms with Crippen molar-refractivity contribution in [2.45, 2.75) is 25.6 Å². The van der Waals surface area contributed by atoms with Gasteiger partial charge in [0.15, 0.2) is 0 Å². The molecule has 0 spiro atoms. The van der Waals surface area contributed by atoms with Crippen LogP contribution in [0.15, 0.2) is 0 Å². The van der Waals surface area contributed by atoms with Crippen LogP contribution in [0, 0.1) is 0 Å². The summed E-state index contributed by atoms with van der Waals surface area (Å²) in [6.07, 6.45) is -12.4. The van der Waals surface area contributed by atoms with Gasteiger partial charge in [0.2, 0.25) is 0 Å². The minimum Gasteiger partial charge on any atom is -0.324 e. The maximum Gasteiger partial charge on any atom is 0.483 e. The number of alkyl halides is 5. The van der Waals surface area contributed by atoms with Crippen LogP contribution < -0.4 is 0 Å². The van der Waals surface area contributed by atoms with Crippen LogP contribution in [0.4, 0.5) is 22.0 Å². The van der Waals surface area contributed by atoms with E-state index in [9.17, 15) is 26.5 Å². The summed E-state index contributed by atoms with van der Waals surface area (Å²) in [4.78, 5) is 8.57. The molecule has 14 heavy (non-hydrogen) atoms. The van der Waals surface area contributed by atoms with Gasteiger partial charge in [-0.3, -0.25) is 4.57 Å². The number of hydrogen-bond donors (Lipinski definition) is 1. The average Bonchev–Trinajstić information content (AvgIpc) is 1.80. The van der Waals surface area contributed by atoms with Gasteiger partial charge in [-0.05, 0) is 6.42 Å². The van der Waals surface area contributed by atoms with Crippen LogP contribution in [0.1, 0.15) is 13.3 Å². The van der Waals surface area contributed by atoms with Crippen LogP contribution in [0.2, 0.25) is 0 Å². The Bertz CT molecular complexity index is 238. The van der Waals surface area contributed by atoms with Gasteiger partial charge in [-0.25, -0.2) is 4.52 Å². The SMILES string of the molecule is CCCP(=O)(O)OC(F)(F)C(F)(F)F. The summed E-state index contributed by atoms with van der Waals surface area (Å²) >= 11 is 0. The Morgan fingerprint density at radius 3 is 2.00 bits per heavy atom. The summed E-state index contributed by atoms with van der Waals surface area (Å²) in [5.74, 6) is 0. The third-order valence-corrected chi connectivity index (χ3v) is 2.62. The van der Waals surface area contributed by atoms with Gasteiger partial charge < -0.3 is 4.89 Å². The second-order valence-corrected chi connectivity index (χ2v) is 4.37. The lowest BCUT2D eigenvalue weighted by molar-refractivity contribution is -0.362. The van der Waals surface area contributed by atoms with Gasteiger partial charge in [-0.15, -0.1) is 0 Å². The molecule has 0 amide bonds. The normalized spacial score (nSPS) is 17.9. The third kappa shape index (κ3) is 3.89. The highest BCUT2D eigenvalue weighted by molar-refractivity contribution is 7.52. The quantitative estimate of drug-likeness (QED) is 0.609. The standard InChI is InChI=1S/C5H8F5O3P/c1-2-3-14(11,12)13-5(9,10)4(6,7)8/h2-3H2,1H3,(H,11,12). The molecule has 0 aromatic carbocycles. The molecule has 0 saturated heterocycles. The number of halogens is 5. The summed E-state index contributed by atoms with van der Waals surface area (Å²) < 4.78 is 72.1. The van der Waals surface area contributed by atoms with E-state index in [2.05, 4.69) is 4.52 Å². The van der Waals surface area contributed by atoms with Crippen molar-refractivity contribution in [2.75, 3.05) is 6.16 Å². The highest BCUT2D eigenvalue weighted by Gasteiger charge is 2.62. The second kappa shape index (κ2) is 4.12. The van der Waals surface area contributed by atoms with Crippen molar-refractivity contribution in [3.8, 4) is 0 Å². The van der Waals surface area contributed by atoms with E-state index in [1.807, 2.05) is 0 Å². The Kier molecular flexibility index (Phi) is 4.06. The molecule has 0 rings (SSSR count). The fourth-order valence-electron chi connectivity index (χ4n) is 0.559. The number of hydrogen-bond acceptors (Lipinski definition) is 2. The smallest absolute Gasteiger partial charge is 0.324 e. The fourth-order valence-corrected chi connectivity index (χ4v) is 1.68. The Morgan fingerprint density at radius 1 is 1.29 bits per heavy atom. The molecule has 0 heterocycles. The lowest BCUT2D eigenvalue weighted by Gasteiger charge is -2.21. The molecule has 0 radical (unpaired) electrons. The van der Waals surface area contributed by atoms with E-state index in [0.717, 1.165) is 0 Å². The predicted octanol–water partition coefficient (Wildman–Crippen LogP) is 2.75. The largest absolute Gasteiger partial charge is 0.483 e. The molecule has 86 valence electrons. The molecule has 0 aliphatic heterocycles. The molecule has 1 unspecified atom stereocenters. The van der Waals surface area contributed by atoms with E-state index in [1.165, 1.54) is 6.92 Å². The zero-order chi connectivity index (χ0) is 11.6. The molecular formula is C5H8F5O3P. The molecular weight excluding hydrogens is 234 g/mol. The molecule has 0 aromatic heterocycles. The van der Waals surface area contributed by atoms with Crippen LogP contribution >= 0.6 is 7.60 Å². The predicted molar refractivity (Wildman–Crippen MR) is 37.1 cm³/mol. The molecule has 0 saturated carbocycles. The first-order valence-corrected chi connectivity index (χ1v) is 5.25. The average molecular weight is 242 g/mol. The zero-order valence-corrected chi connectivity index (χ0v) is 7.91. The first kappa shape index (κ1) is 13.8. The van der Waals surface area contributed by atoms with Gasteiger partial charge in [-0.1, -0.05) is 6.92 Å². The van der Waals surface area contributed by atoms with Crippen LogP contribution in [0.5, 0.6) is 0 Å². The van der Waals surface area contributed by atoms with Crippen LogP contribution in [0.3, 0.4) is 0 Å². The topological polar surface area (TPSA) is 46.5 Å². The minimum absolute atomic E-state index is 0.0400. The van der Waals surface area contributed by atoms with Crippen LogP contribution in [-0.2, 0) is 9.09 Å². The van der Waals surface area contributed by atoms with E-state index < -0.39 is 26.0 Å². The molecule has 0 bridgehead atoms. The van der Waals surface area contributed by atoms with Gasteiger partial charge in [0.05, 0.1) is 0 Å². The van der Waals surface area contributed by atoms with E-state index >= 15 is 0 Å². The number of rotatable bonds is 4. The molecule has 0 aliphatic rings. The lowest BCUT2D eigenvalue weighted by Crippen LogP contribution is -2.38. The van der Waals surface area contributed by atoms with Crippen molar-refractivity contribution >= 4 is 7.60 Å². The maximum atomic E-state index is 12.1. The van der Waals surface area contributed by atoms with Crippen molar-refractivity contribution in [2.24, 2.45) is 0 Å². The fraction of sp³-hybridized carbons (Fsp3) is 1.00. The third-order valence-electron chi connectivity index (χ3n) is 1.09. The van der Waals surface area contributed by atoms with Crippen molar-refractivity contribution in [3.05, 3.63) is 0 Å². The highest BCUT2D eigenvalue weighted by Crippen LogP contribution is 2.52. The first-order valence-electron chi connectivity index (χ1n) is 3.49. The summed E-state index contributed by atoms with van der Waals surface area (Å²) in [6, 6.07) is 0. The molecule has 9 heteroatoms. The van der Waals surface area contributed by atoms with Gasteiger partial charge in [-0.2, -0.15) is 22.0 Å². The van der Waals surface area contributed by atoms with Gasteiger partial charge in [0.1, 0.15) is 0 Å². The highest BCUT2D eigenvalue weighted by atomic mass is 31.2. The van der Waals surface area contributed by atoms with Crippen molar-refractivity contribution in [3.63, 3.8) is 0 Å². The van der Waals surface area contributed by atoms with Gasteiger partial charge >= 0.3 is 19.9 Å². The van der Waals surface area contributed by atoms with Crippen LogP contribution in [0.25, 0.3) is 0 Å². The van der Waals surface area contributed by atoms with Crippen molar-refractivity contribution in [1.82, 2.24) is 0 Å². The Hall–Kier alpha value is -0.200. The molecule has 0 aromatic rings. The Morgan fingerprint density at radius 2 is 1.71 bits per heavy atom. The molecule has 3 nitrogen and oxygen atoms in total. The summed E-state index contributed by atoms with van der Waals surface area (Å²) in [5.41, 5.74) is 0. The maximum absolute atomic E-state index is 12.1. The van der Waals surface area contributed by atoms with E-state index in [-0.39, 0.29) is 6.42 Å².